The molecule has 3 aliphatic rings. The van der Waals surface area contributed by atoms with Crippen LogP contribution in [0.25, 0.3) is 10.9 Å². The summed E-state index contributed by atoms with van der Waals surface area (Å²) in [5, 5.41) is 5.75. The van der Waals surface area contributed by atoms with E-state index in [0.29, 0.717) is 36.5 Å². The molecule has 330 valence electrons. The van der Waals surface area contributed by atoms with Crippen molar-refractivity contribution in [2.75, 3.05) is 13.7 Å². The van der Waals surface area contributed by atoms with Gasteiger partial charge in [-0.25, -0.2) is 27.3 Å². The van der Waals surface area contributed by atoms with Gasteiger partial charge in [0.1, 0.15) is 34.8 Å². The largest absolute Gasteiger partial charge is 0.497 e. The molecule has 0 unspecified atom stereocenters. The predicted octanol–water partition coefficient (Wildman–Crippen LogP) is 6.66. The molecule has 0 radical (unpaired) electrons. The maximum absolute atomic E-state index is 17.2. The fourth-order valence-electron chi connectivity index (χ4n) is 7.77. The number of unbranched alkanes of at least 4 members (excludes halogenated alkanes) is 3. The van der Waals surface area contributed by atoms with Crippen molar-refractivity contribution in [3.63, 3.8) is 0 Å². The second kappa shape index (κ2) is 17.7. The summed E-state index contributed by atoms with van der Waals surface area (Å²) in [5.41, 5.74) is 0.278. The van der Waals surface area contributed by atoms with Crippen LogP contribution in [0.4, 0.5) is 9.18 Å². The lowest BCUT2D eigenvalue weighted by Crippen LogP contribution is -2.63. The van der Waals surface area contributed by atoms with Crippen molar-refractivity contribution in [3.05, 3.63) is 54.8 Å². The Labute approximate surface area is 353 Å². The standard InChI is InChI=1S/C44H62FN5O9S/c1-11-13-14-15-16-17-33(47-40(54)59-41(6,7)8)38(52)50-26-43(21-20-30-31-24-29(57-10)18-19-32(31)46-35(27(3)4)36(30)58-43)25-34(50)37(51)48-44(45,28(5)12-2)39(53)49-60(55,56)42(9)22-23-42/h11-12,18-19,24,27-28,33-34H,1-2,13-17,20-23,25-26H2,3-10H3,(H,47,54)(H,48,51)(H,49,53)/t28-,33-,34-,43+,44+/m0/s1. The number of alkyl carbamates (subject to hydrolysis) is 1. The number of amides is 4. The first-order valence-electron chi connectivity index (χ1n) is 20.8. The van der Waals surface area contributed by atoms with Crippen molar-refractivity contribution >= 4 is 44.7 Å². The zero-order valence-corrected chi connectivity index (χ0v) is 37.1. The Balaban J connectivity index is 1.56. The van der Waals surface area contributed by atoms with Gasteiger partial charge in [0.15, 0.2) is 0 Å². The van der Waals surface area contributed by atoms with Crippen LogP contribution in [0.2, 0.25) is 0 Å². The van der Waals surface area contributed by atoms with E-state index in [1.807, 2.05) is 36.8 Å². The molecule has 1 aromatic heterocycles. The first kappa shape index (κ1) is 46.3. The number of aromatic nitrogens is 1. The van der Waals surface area contributed by atoms with Crippen molar-refractivity contribution in [2.45, 2.75) is 152 Å². The van der Waals surface area contributed by atoms with Gasteiger partial charge in [0, 0.05) is 23.3 Å². The van der Waals surface area contributed by atoms with E-state index in [1.165, 1.54) is 18.7 Å². The predicted molar refractivity (Wildman–Crippen MR) is 227 cm³/mol. The number of carbonyl (C=O) groups excluding carboxylic acids is 4. The van der Waals surface area contributed by atoms with Crippen molar-refractivity contribution < 1.29 is 46.2 Å². The first-order valence-corrected chi connectivity index (χ1v) is 22.3. The second-order valence-electron chi connectivity index (χ2n) is 18.0. The molecule has 60 heavy (non-hydrogen) atoms. The number of benzene rings is 1. The molecule has 2 fully saturated rings. The Morgan fingerprint density at radius 2 is 1.80 bits per heavy atom. The molecule has 16 heteroatoms. The van der Waals surface area contributed by atoms with Gasteiger partial charge in [-0.05, 0) is 96.8 Å². The molecule has 14 nitrogen and oxygen atoms in total. The third kappa shape index (κ3) is 9.90. The molecule has 1 spiro atoms. The van der Waals surface area contributed by atoms with E-state index < -0.39 is 73.6 Å². The second-order valence-corrected chi connectivity index (χ2v) is 20.2. The third-order valence-corrected chi connectivity index (χ3v) is 14.0. The molecule has 4 amide bonds. The number of fused-ring (bicyclic) bond motifs is 3. The van der Waals surface area contributed by atoms with Crippen LogP contribution in [0.5, 0.6) is 11.5 Å². The highest BCUT2D eigenvalue weighted by molar-refractivity contribution is 7.91. The van der Waals surface area contributed by atoms with Gasteiger partial charge in [0.2, 0.25) is 21.8 Å². The number of ether oxygens (including phenoxy) is 3. The fraction of sp³-hybridized carbons (Fsp3) is 0.614. The number of carbonyl (C=O) groups is 4. The van der Waals surface area contributed by atoms with E-state index in [-0.39, 0.29) is 38.1 Å². The van der Waals surface area contributed by atoms with Crippen LogP contribution in [0.15, 0.2) is 43.5 Å². The fourth-order valence-corrected chi connectivity index (χ4v) is 9.05. The Bertz CT molecular complexity index is 2120. The Hall–Kier alpha value is -4.73. The van der Waals surface area contributed by atoms with Crippen LogP contribution in [0, 0.1) is 5.92 Å². The number of hydrogen-bond donors (Lipinski definition) is 3. The van der Waals surface area contributed by atoms with Gasteiger partial charge in [-0.3, -0.25) is 14.4 Å². The summed E-state index contributed by atoms with van der Waals surface area (Å²) < 4.78 is 62.0. The molecule has 1 aliphatic carbocycles. The number of alkyl halides is 1. The number of nitrogens with one attached hydrogen (secondary N) is 3. The minimum Gasteiger partial charge on any atom is -0.497 e. The SMILES string of the molecule is C=CCCCCC[C@H](NC(=O)OC(C)(C)C)C(=O)N1C[C@@]2(CCc3c(c(C(C)C)nc4ccc(OC)cc34)O2)C[C@H]1C(=O)N[C@@](F)(C(=O)NS(=O)(=O)C1(C)CC1)[C@@H](C)C=C. The number of methoxy groups -OCH3 is 1. The number of pyridine rings is 1. The quantitative estimate of drug-likeness (QED) is 0.0884. The third-order valence-electron chi connectivity index (χ3n) is 11.8. The van der Waals surface area contributed by atoms with E-state index in [4.69, 9.17) is 19.2 Å². The molecule has 2 aromatic rings. The Morgan fingerprint density at radius 1 is 1.10 bits per heavy atom. The highest BCUT2D eigenvalue weighted by atomic mass is 32.2. The Kier molecular flexibility index (Phi) is 13.7. The van der Waals surface area contributed by atoms with Gasteiger partial charge in [0.25, 0.3) is 11.7 Å². The molecule has 0 bridgehead atoms. The van der Waals surface area contributed by atoms with Crippen LogP contribution >= 0.6 is 0 Å². The van der Waals surface area contributed by atoms with Crippen molar-refractivity contribution in [2.24, 2.45) is 5.92 Å². The van der Waals surface area contributed by atoms with Crippen LogP contribution in [0.3, 0.4) is 0 Å². The van der Waals surface area contributed by atoms with Crippen LogP contribution in [0.1, 0.15) is 123 Å². The number of allylic oxidation sites excluding steroid dienone is 1. The lowest BCUT2D eigenvalue weighted by atomic mass is 9.86. The maximum Gasteiger partial charge on any atom is 0.408 e. The molecule has 2 aliphatic heterocycles. The highest BCUT2D eigenvalue weighted by Crippen LogP contribution is 2.47. The number of halogens is 1. The van der Waals surface area contributed by atoms with E-state index in [1.54, 1.807) is 34.0 Å². The van der Waals surface area contributed by atoms with Crippen molar-refractivity contribution in [1.82, 2.24) is 25.2 Å². The maximum atomic E-state index is 17.2. The Morgan fingerprint density at radius 3 is 2.40 bits per heavy atom. The molecule has 3 heterocycles. The molecular weight excluding hydrogens is 794 g/mol. The van der Waals surface area contributed by atoms with E-state index in [9.17, 15) is 27.6 Å². The molecular formula is C44H62FN5O9S. The summed E-state index contributed by atoms with van der Waals surface area (Å²) in [5.74, 6) is -6.87. The number of hydrogen-bond acceptors (Lipinski definition) is 10. The summed E-state index contributed by atoms with van der Waals surface area (Å²) in [7, 11) is -2.73. The van der Waals surface area contributed by atoms with Crippen molar-refractivity contribution in [3.8, 4) is 11.5 Å². The van der Waals surface area contributed by atoms with E-state index in [0.717, 1.165) is 41.8 Å². The van der Waals surface area contributed by atoms with Gasteiger partial charge in [-0.2, -0.15) is 0 Å². The smallest absolute Gasteiger partial charge is 0.408 e. The highest BCUT2D eigenvalue weighted by Gasteiger charge is 2.57. The minimum atomic E-state index is -4.30. The van der Waals surface area contributed by atoms with Gasteiger partial charge in [-0.15, -0.1) is 13.2 Å². The van der Waals surface area contributed by atoms with E-state index >= 15 is 4.39 Å². The summed E-state index contributed by atoms with van der Waals surface area (Å²) in [6, 6.07) is 3.05. The summed E-state index contributed by atoms with van der Waals surface area (Å²) in [6.07, 6.45) is 6.38. The van der Waals surface area contributed by atoms with Gasteiger partial charge < -0.3 is 29.7 Å². The lowest BCUT2D eigenvalue weighted by Gasteiger charge is -2.37. The summed E-state index contributed by atoms with van der Waals surface area (Å²) in [4.78, 5) is 62.6. The van der Waals surface area contributed by atoms with Crippen LogP contribution in [-0.4, -0.2) is 89.6 Å². The average Bonchev–Trinajstić information content (AvgIpc) is 3.85. The van der Waals surface area contributed by atoms with Crippen molar-refractivity contribution in [1.29, 1.82) is 0 Å². The zero-order chi connectivity index (χ0) is 44.4. The number of nitrogens with zero attached hydrogens (tertiary/aromatic N) is 2. The monoisotopic (exact) mass is 855 g/mol. The number of aryl methyl sites for hydroxylation is 1. The summed E-state index contributed by atoms with van der Waals surface area (Å²) in [6.45, 7) is 19.0. The van der Waals surface area contributed by atoms with Gasteiger partial charge in [0.05, 0.1) is 29.6 Å². The molecule has 1 saturated carbocycles. The van der Waals surface area contributed by atoms with Crippen LogP contribution < -0.4 is 24.8 Å². The molecule has 1 aromatic carbocycles. The molecule has 5 atom stereocenters. The normalized spacial score (nSPS) is 21.5. The number of likely N-dealkylation sites (tertiary alicyclic amines) is 1. The van der Waals surface area contributed by atoms with Gasteiger partial charge in [-0.1, -0.05) is 45.8 Å². The molecule has 5 rings (SSSR count). The van der Waals surface area contributed by atoms with E-state index in [2.05, 4.69) is 23.8 Å². The van der Waals surface area contributed by atoms with Crippen LogP contribution in [-0.2, 0) is 35.6 Å². The van der Waals surface area contributed by atoms with Gasteiger partial charge >= 0.3 is 6.09 Å². The summed E-state index contributed by atoms with van der Waals surface area (Å²) >= 11 is 0. The number of rotatable bonds is 17. The zero-order valence-electron chi connectivity index (χ0n) is 36.2. The molecule has 1 saturated heterocycles. The number of sulfonamides is 1. The minimum absolute atomic E-state index is 0.0811. The topological polar surface area (TPSA) is 182 Å². The average molecular weight is 856 g/mol. The molecule has 3 N–H and O–H groups in total. The lowest BCUT2D eigenvalue weighted by molar-refractivity contribution is -0.147. The first-order chi connectivity index (χ1) is 28.0.